The van der Waals surface area contributed by atoms with E-state index in [0.717, 1.165) is 24.9 Å². The SMILES string of the molecule is CCNC(Cc1cccs1)Cc1ccnc2ccccc12. The monoisotopic (exact) mass is 296 g/mol. The number of para-hydroxylation sites is 1. The highest BCUT2D eigenvalue weighted by Gasteiger charge is 2.12. The van der Waals surface area contributed by atoms with Crippen molar-refractivity contribution in [1.82, 2.24) is 10.3 Å². The number of thiophene rings is 1. The molecule has 108 valence electrons. The number of benzene rings is 1. The van der Waals surface area contributed by atoms with Gasteiger partial charge in [-0.15, -0.1) is 11.3 Å². The Morgan fingerprint density at radius 3 is 2.81 bits per heavy atom. The zero-order valence-electron chi connectivity index (χ0n) is 12.3. The highest BCUT2D eigenvalue weighted by Crippen LogP contribution is 2.20. The number of nitrogens with zero attached hydrogens (tertiary/aromatic N) is 1. The minimum Gasteiger partial charge on any atom is -0.314 e. The van der Waals surface area contributed by atoms with Gasteiger partial charge in [0.1, 0.15) is 0 Å². The molecule has 1 atom stereocenters. The van der Waals surface area contributed by atoms with Gasteiger partial charge in [0.15, 0.2) is 0 Å². The number of aromatic nitrogens is 1. The van der Waals surface area contributed by atoms with E-state index in [1.165, 1.54) is 15.8 Å². The Labute approximate surface area is 129 Å². The Balaban J connectivity index is 1.83. The molecule has 0 aliphatic rings. The van der Waals surface area contributed by atoms with Gasteiger partial charge in [0, 0.05) is 22.5 Å². The number of hydrogen-bond donors (Lipinski definition) is 1. The van der Waals surface area contributed by atoms with Gasteiger partial charge in [-0.2, -0.15) is 0 Å². The minimum atomic E-state index is 0.472. The minimum absolute atomic E-state index is 0.472. The third-order valence-corrected chi connectivity index (χ3v) is 4.62. The first-order valence-electron chi connectivity index (χ1n) is 7.45. The van der Waals surface area contributed by atoms with Gasteiger partial charge in [-0.05, 0) is 48.5 Å². The van der Waals surface area contributed by atoms with E-state index in [1.807, 2.05) is 23.6 Å². The second-order valence-corrected chi connectivity index (χ2v) is 6.26. The molecule has 0 radical (unpaired) electrons. The Kier molecular flexibility index (Phi) is 4.63. The van der Waals surface area contributed by atoms with Gasteiger partial charge in [0.2, 0.25) is 0 Å². The van der Waals surface area contributed by atoms with Crippen molar-refractivity contribution in [3.05, 3.63) is 64.5 Å². The van der Waals surface area contributed by atoms with Gasteiger partial charge in [-0.25, -0.2) is 0 Å². The van der Waals surface area contributed by atoms with Crippen molar-refractivity contribution >= 4 is 22.2 Å². The first-order chi connectivity index (χ1) is 10.4. The number of fused-ring (bicyclic) bond motifs is 1. The topological polar surface area (TPSA) is 24.9 Å². The standard InChI is InChI=1S/C18H20N2S/c1-2-19-15(13-16-6-5-11-21-16)12-14-9-10-20-18-8-4-3-7-17(14)18/h3-11,15,19H,2,12-13H2,1H3. The molecule has 2 heterocycles. The normalized spacial score (nSPS) is 12.6. The quantitative estimate of drug-likeness (QED) is 0.742. The van der Waals surface area contributed by atoms with Crippen molar-refractivity contribution in [3.8, 4) is 0 Å². The molecule has 0 aliphatic carbocycles. The lowest BCUT2D eigenvalue weighted by molar-refractivity contribution is 0.526. The van der Waals surface area contributed by atoms with Crippen molar-refractivity contribution in [2.75, 3.05) is 6.54 Å². The van der Waals surface area contributed by atoms with Crippen LogP contribution < -0.4 is 5.32 Å². The molecule has 3 heteroatoms. The summed E-state index contributed by atoms with van der Waals surface area (Å²) >= 11 is 1.84. The van der Waals surface area contributed by atoms with E-state index in [2.05, 4.69) is 59.0 Å². The van der Waals surface area contributed by atoms with Crippen LogP contribution in [0.25, 0.3) is 10.9 Å². The highest BCUT2D eigenvalue weighted by atomic mass is 32.1. The Bertz CT molecular complexity index is 686. The smallest absolute Gasteiger partial charge is 0.0704 e. The summed E-state index contributed by atoms with van der Waals surface area (Å²) in [6.07, 6.45) is 4.04. The van der Waals surface area contributed by atoms with E-state index in [4.69, 9.17) is 0 Å². The Morgan fingerprint density at radius 1 is 1.10 bits per heavy atom. The van der Waals surface area contributed by atoms with E-state index < -0.39 is 0 Å². The highest BCUT2D eigenvalue weighted by molar-refractivity contribution is 7.09. The Morgan fingerprint density at radius 2 is 2.00 bits per heavy atom. The molecule has 1 unspecified atom stereocenters. The molecule has 2 aromatic heterocycles. The number of hydrogen-bond acceptors (Lipinski definition) is 3. The van der Waals surface area contributed by atoms with Crippen molar-refractivity contribution in [1.29, 1.82) is 0 Å². The average Bonchev–Trinajstić information content (AvgIpc) is 3.01. The number of nitrogens with one attached hydrogen (secondary N) is 1. The van der Waals surface area contributed by atoms with Crippen molar-refractivity contribution in [3.63, 3.8) is 0 Å². The summed E-state index contributed by atoms with van der Waals surface area (Å²) in [6, 6.07) is 15.4. The summed E-state index contributed by atoms with van der Waals surface area (Å²) in [5.74, 6) is 0. The molecular weight excluding hydrogens is 276 g/mol. The first kappa shape index (κ1) is 14.2. The molecular formula is C18H20N2S. The Hall–Kier alpha value is -1.71. The van der Waals surface area contributed by atoms with Crippen LogP contribution in [0.1, 0.15) is 17.4 Å². The molecule has 21 heavy (non-hydrogen) atoms. The fraction of sp³-hybridized carbons (Fsp3) is 0.278. The van der Waals surface area contributed by atoms with E-state index in [9.17, 15) is 0 Å². The first-order valence-corrected chi connectivity index (χ1v) is 8.33. The molecule has 0 saturated carbocycles. The predicted molar refractivity (Wildman–Crippen MR) is 90.9 cm³/mol. The van der Waals surface area contributed by atoms with E-state index in [-0.39, 0.29) is 0 Å². The summed E-state index contributed by atoms with van der Waals surface area (Å²) in [7, 11) is 0. The number of rotatable bonds is 6. The molecule has 0 saturated heterocycles. The van der Waals surface area contributed by atoms with Crippen LogP contribution >= 0.6 is 11.3 Å². The lowest BCUT2D eigenvalue weighted by Gasteiger charge is -2.18. The molecule has 0 spiro atoms. The summed E-state index contributed by atoms with van der Waals surface area (Å²) in [4.78, 5) is 5.90. The van der Waals surface area contributed by atoms with Crippen molar-refractivity contribution < 1.29 is 0 Å². The van der Waals surface area contributed by atoms with Gasteiger partial charge < -0.3 is 5.32 Å². The number of likely N-dealkylation sites (N-methyl/N-ethyl adjacent to an activating group) is 1. The molecule has 0 fully saturated rings. The lowest BCUT2D eigenvalue weighted by atomic mass is 9.99. The second-order valence-electron chi connectivity index (χ2n) is 5.23. The van der Waals surface area contributed by atoms with Crippen LogP contribution in [-0.4, -0.2) is 17.6 Å². The van der Waals surface area contributed by atoms with Gasteiger partial charge in [0.25, 0.3) is 0 Å². The van der Waals surface area contributed by atoms with E-state index >= 15 is 0 Å². The summed E-state index contributed by atoms with van der Waals surface area (Å²) in [5.41, 5.74) is 2.46. The molecule has 2 nitrogen and oxygen atoms in total. The zero-order valence-corrected chi connectivity index (χ0v) is 13.1. The fourth-order valence-electron chi connectivity index (χ4n) is 2.78. The summed E-state index contributed by atoms with van der Waals surface area (Å²) in [5, 5.41) is 7.05. The van der Waals surface area contributed by atoms with Crippen molar-refractivity contribution in [2.45, 2.75) is 25.8 Å². The molecule has 0 amide bonds. The average molecular weight is 296 g/mol. The van der Waals surface area contributed by atoms with Gasteiger partial charge in [-0.3, -0.25) is 4.98 Å². The maximum absolute atomic E-state index is 4.45. The van der Waals surface area contributed by atoms with Gasteiger partial charge in [0.05, 0.1) is 5.52 Å². The van der Waals surface area contributed by atoms with E-state index in [1.54, 1.807) is 0 Å². The van der Waals surface area contributed by atoms with Crippen LogP contribution in [0.3, 0.4) is 0 Å². The third-order valence-electron chi connectivity index (χ3n) is 3.73. The lowest BCUT2D eigenvalue weighted by Crippen LogP contribution is -2.32. The summed E-state index contributed by atoms with van der Waals surface area (Å²) in [6.45, 7) is 3.17. The number of pyridine rings is 1. The van der Waals surface area contributed by atoms with Crippen LogP contribution in [0.4, 0.5) is 0 Å². The third kappa shape index (κ3) is 3.49. The molecule has 3 aromatic rings. The molecule has 0 bridgehead atoms. The zero-order chi connectivity index (χ0) is 14.5. The van der Waals surface area contributed by atoms with Crippen LogP contribution in [-0.2, 0) is 12.8 Å². The van der Waals surface area contributed by atoms with Crippen LogP contribution in [0.5, 0.6) is 0 Å². The molecule has 1 N–H and O–H groups in total. The molecule has 1 aromatic carbocycles. The largest absolute Gasteiger partial charge is 0.314 e. The van der Waals surface area contributed by atoms with Crippen LogP contribution in [0.2, 0.25) is 0 Å². The summed E-state index contributed by atoms with van der Waals surface area (Å²) < 4.78 is 0. The maximum Gasteiger partial charge on any atom is 0.0704 e. The molecule has 0 aliphatic heterocycles. The molecule has 3 rings (SSSR count). The maximum atomic E-state index is 4.45. The van der Waals surface area contributed by atoms with Gasteiger partial charge >= 0.3 is 0 Å². The van der Waals surface area contributed by atoms with E-state index in [0.29, 0.717) is 6.04 Å². The van der Waals surface area contributed by atoms with Crippen LogP contribution in [0, 0.1) is 0 Å². The second kappa shape index (κ2) is 6.83. The van der Waals surface area contributed by atoms with Crippen LogP contribution in [0.15, 0.2) is 54.0 Å². The fourth-order valence-corrected chi connectivity index (χ4v) is 3.56. The van der Waals surface area contributed by atoms with Crippen molar-refractivity contribution in [2.24, 2.45) is 0 Å². The van der Waals surface area contributed by atoms with Gasteiger partial charge in [-0.1, -0.05) is 31.2 Å². The predicted octanol–water partition coefficient (Wildman–Crippen LogP) is 4.06.